The van der Waals surface area contributed by atoms with Crippen LogP contribution >= 0.6 is 0 Å². The van der Waals surface area contributed by atoms with Gasteiger partial charge < -0.3 is 15.6 Å². The molecule has 1 heterocycles. The zero-order valence-electron chi connectivity index (χ0n) is 8.60. The lowest BCUT2D eigenvalue weighted by Gasteiger charge is -2.04. The van der Waals surface area contributed by atoms with Crippen molar-refractivity contribution in [1.29, 1.82) is 0 Å². The molecule has 1 amide bonds. The molecule has 2 aliphatic rings. The van der Waals surface area contributed by atoms with Crippen molar-refractivity contribution in [3.63, 3.8) is 0 Å². The average molecular weight is 213 g/mol. The molecular formula is C10H15NO4. The molecule has 0 aromatic heterocycles. The molecular weight excluding hydrogens is 198 g/mol. The maximum absolute atomic E-state index is 11.1. The maximum atomic E-state index is 11.1. The van der Waals surface area contributed by atoms with Crippen LogP contribution in [0.5, 0.6) is 0 Å². The number of carboxylic acids is 1. The van der Waals surface area contributed by atoms with Crippen molar-refractivity contribution in [1.82, 2.24) is 0 Å². The highest BCUT2D eigenvalue weighted by Crippen LogP contribution is 2.60. The number of carbonyl (C=O) groups excluding carboxylic acids is 1. The summed E-state index contributed by atoms with van der Waals surface area (Å²) in [6, 6.07) is 0. The van der Waals surface area contributed by atoms with Gasteiger partial charge in [-0.15, -0.1) is 0 Å². The monoisotopic (exact) mass is 213 g/mol. The summed E-state index contributed by atoms with van der Waals surface area (Å²) >= 11 is 0. The first kappa shape index (κ1) is 10.4. The molecule has 5 nitrogen and oxygen atoms in total. The topological polar surface area (TPSA) is 92.9 Å². The minimum Gasteiger partial charge on any atom is -0.479 e. The number of hydrogen-bond acceptors (Lipinski definition) is 3. The third kappa shape index (κ3) is 1.42. The average Bonchev–Trinajstić information content (AvgIpc) is 2.95. The highest BCUT2D eigenvalue weighted by atomic mass is 16.6. The molecule has 2 rings (SSSR count). The number of aliphatic carboxylic acids is 1. The summed E-state index contributed by atoms with van der Waals surface area (Å²) in [7, 11) is 0. The van der Waals surface area contributed by atoms with E-state index in [2.05, 4.69) is 0 Å². The van der Waals surface area contributed by atoms with Crippen LogP contribution in [0.3, 0.4) is 0 Å². The fraction of sp³-hybridized carbons (Fsp3) is 0.800. The molecule has 3 N–H and O–H groups in total. The predicted molar refractivity (Wildman–Crippen MR) is 50.9 cm³/mol. The van der Waals surface area contributed by atoms with Crippen molar-refractivity contribution in [2.75, 3.05) is 6.61 Å². The number of primary amides is 1. The van der Waals surface area contributed by atoms with Crippen molar-refractivity contribution in [2.24, 2.45) is 23.5 Å². The molecule has 15 heavy (non-hydrogen) atoms. The molecule has 5 heteroatoms. The molecule has 1 aliphatic heterocycles. The van der Waals surface area contributed by atoms with E-state index < -0.39 is 17.5 Å². The molecule has 0 aromatic rings. The van der Waals surface area contributed by atoms with Gasteiger partial charge in [-0.3, -0.25) is 4.79 Å². The van der Waals surface area contributed by atoms with Gasteiger partial charge in [-0.05, 0) is 12.3 Å². The van der Waals surface area contributed by atoms with Gasteiger partial charge in [0.05, 0.1) is 6.61 Å². The van der Waals surface area contributed by atoms with E-state index in [1.54, 1.807) is 0 Å². The van der Waals surface area contributed by atoms with Crippen molar-refractivity contribution in [2.45, 2.75) is 25.4 Å². The van der Waals surface area contributed by atoms with Gasteiger partial charge in [-0.1, -0.05) is 13.3 Å². The fourth-order valence-corrected chi connectivity index (χ4v) is 2.63. The lowest BCUT2D eigenvalue weighted by atomic mass is 10.0. The predicted octanol–water partition coefficient (Wildman–Crippen LogP) is -0.0124. The standard InChI is InChI=1S/C10H15NO4/c1-2-3-5-6(8(11)12)7(5)10(4-15-10)9(13)14/h5-7H,2-4H2,1H3,(H2,11,12)(H,13,14)/t5-,6?,7-,10?/m0/s1. The van der Waals surface area contributed by atoms with Crippen molar-refractivity contribution >= 4 is 11.9 Å². The van der Waals surface area contributed by atoms with Crippen LogP contribution in [0.15, 0.2) is 0 Å². The third-order valence-electron chi connectivity index (χ3n) is 3.47. The summed E-state index contributed by atoms with van der Waals surface area (Å²) in [5.74, 6) is -1.76. The molecule has 2 fully saturated rings. The number of amides is 1. The van der Waals surface area contributed by atoms with E-state index in [0.717, 1.165) is 12.8 Å². The van der Waals surface area contributed by atoms with Crippen LogP contribution in [0.4, 0.5) is 0 Å². The fourth-order valence-electron chi connectivity index (χ4n) is 2.63. The molecule has 0 spiro atoms. The Morgan fingerprint density at radius 3 is 2.53 bits per heavy atom. The van der Waals surface area contributed by atoms with Crippen LogP contribution in [0.2, 0.25) is 0 Å². The zero-order valence-corrected chi connectivity index (χ0v) is 8.60. The lowest BCUT2D eigenvalue weighted by molar-refractivity contribution is -0.144. The number of epoxide rings is 1. The van der Waals surface area contributed by atoms with Gasteiger partial charge in [0.2, 0.25) is 5.91 Å². The van der Waals surface area contributed by atoms with Crippen LogP contribution in [0.1, 0.15) is 19.8 Å². The van der Waals surface area contributed by atoms with Crippen molar-refractivity contribution in [3.8, 4) is 0 Å². The van der Waals surface area contributed by atoms with Crippen LogP contribution < -0.4 is 5.73 Å². The van der Waals surface area contributed by atoms with E-state index in [-0.39, 0.29) is 24.4 Å². The van der Waals surface area contributed by atoms with E-state index in [0.29, 0.717) is 0 Å². The molecule has 1 saturated heterocycles. The van der Waals surface area contributed by atoms with Gasteiger partial charge in [-0.25, -0.2) is 4.79 Å². The van der Waals surface area contributed by atoms with Crippen LogP contribution in [-0.4, -0.2) is 29.2 Å². The molecule has 2 unspecified atom stereocenters. The quantitative estimate of drug-likeness (QED) is 0.628. The summed E-state index contributed by atoms with van der Waals surface area (Å²) in [5, 5.41) is 9.02. The first-order chi connectivity index (χ1) is 7.04. The minimum absolute atomic E-state index is 0.103. The summed E-state index contributed by atoms with van der Waals surface area (Å²) < 4.78 is 5.03. The second kappa shape index (κ2) is 3.20. The Labute approximate surface area is 87.6 Å². The van der Waals surface area contributed by atoms with E-state index in [1.807, 2.05) is 6.92 Å². The molecule has 84 valence electrons. The minimum atomic E-state index is -1.10. The number of ether oxygens (including phenoxy) is 1. The normalized spacial score (nSPS) is 42.3. The van der Waals surface area contributed by atoms with Gasteiger partial charge in [0, 0.05) is 11.8 Å². The molecule has 1 saturated carbocycles. The van der Waals surface area contributed by atoms with Gasteiger partial charge in [0.1, 0.15) is 0 Å². The van der Waals surface area contributed by atoms with E-state index in [1.165, 1.54) is 0 Å². The van der Waals surface area contributed by atoms with Crippen molar-refractivity contribution < 1.29 is 19.4 Å². The number of carbonyl (C=O) groups is 2. The number of nitrogens with two attached hydrogens (primary N) is 1. The van der Waals surface area contributed by atoms with Gasteiger partial charge in [0.15, 0.2) is 5.60 Å². The van der Waals surface area contributed by atoms with Gasteiger partial charge >= 0.3 is 5.97 Å². The largest absolute Gasteiger partial charge is 0.479 e. The first-order valence-corrected chi connectivity index (χ1v) is 5.21. The Kier molecular flexibility index (Phi) is 2.22. The summed E-state index contributed by atoms with van der Waals surface area (Å²) in [4.78, 5) is 22.1. The molecule has 0 bridgehead atoms. The Morgan fingerprint density at radius 1 is 1.60 bits per heavy atom. The Hall–Kier alpha value is -1.10. The zero-order chi connectivity index (χ0) is 11.2. The number of hydrogen-bond donors (Lipinski definition) is 2. The molecule has 1 aliphatic carbocycles. The number of rotatable bonds is 5. The Balaban J connectivity index is 2.10. The van der Waals surface area contributed by atoms with Gasteiger partial charge in [-0.2, -0.15) is 0 Å². The van der Waals surface area contributed by atoms with Crippen LogP contribution in [-0.2, 0) is 14.3 Å². The third-order valence-corrected chi connectivity index (χ3v) is 3.47. The summed E-state index contributed by atoms with van der Waals surface area (Å²) in [6.07, 6.45) is 1.78. The maximum Gasteiger partial charge on any atom is 0.338 e. The lowest BCUT2D eigenvalue weighted by Crippen LogP contribution is -2.29. The highest BCUT2D eigenvalue weighted by Gasteiger charge is 2.73. The first-order valence-electron chi connectivity index (χ1n) is 5.21. The van der Waals surface area contributed by atoms with E-state index in [9.17, 15) is 9.59 Å². The molecule has 0 aromatic carbocycles. The second-order valence-electron chi connectivity index (χ2n) is 4.39. The van der Waals surface area contributed by atoms with Crippen LogP contribution in [0.25, 0.3) is 0 Å². The smallest absolute Gasteiger partial charge is 0.338 e. The summed E-state index contributed by atoms with van der Waals surface area (Å²) in [6.45, 7) is 2.23. The van der Waals surface area contributed by atoms with Crippen molar-refractivity contribution in [3.05, 3.63) is 0 Å². The molecule has 4 atom stereocenters. The Bertz CT molecular complexity index is 311. The Morgan fingerprint density at radius 2 is 2.20 bits per heavy atom. The highest BCUT2D eigenvalue weighted by molar-refractivity contribution is 5.87. The molecule has 0 radical (unpaired) electrons. The van der Waals surface area contributed by atoms with Crippen LogP contribution in [0, 0.1) is 17.8 Å². The van der Waals surface area contributed by atoms with Gasteiger partial charge in [0.25, 0.3) is 0 Å². The summed E-state index contributed by atoms with van der Waals surface area (Å²) in [5.41, 5.74) is 4.15. The van der Waals surface area contributed by atoms with E-state index in [4.69, 9.17) is 15.6 Å². The second-order valence-corrected chi connectivity index (χ2v) is 4.39. The van der Waals surface area contributed by atoms with E-state index >= 15 is 0 Å². The number of carboxylic acid groups (broad SMARTS) is 1. The SMILES string of the molecule is CCC[C@H]1C(C(N)=O)[C@H]1C1(C(=O)O)CO1.